The van der Waals surface area contributed by atoms with Crippen LogP contribution in [0.5, 0.6) is 0 Å². The van der Waals surface area contributed by atoms with Gasteiger partial charge in [-0.25, -0.2) is 0 Å². The molecule has 3 heteroatoms. The maximum absolute atomic E-state index is 6.44. The Balaban J connectivity index is 1.51. The van der Waals surface area contributed by atoms with Gasteiger partial charge in [0.2, 0.25) is 0 Å². The summed E-state index contributed by atoms with van der Waals surface area (Å²) in [5.41, 5.74) is 3.07. The lowest BCUT2D eigenvalue weighted by atomic mass is 9.69. The molecule has 0 aromatic heterocycles. The van der Waals surface area contributed by atoms with Crippen LogP contribution in [0.4, 0.5) is 0 Å². The minimum absolute atomic E-state index is 0.00648. The Morgan fingerprint density at radius 3 is 1.71 bits per heavy atom. The molecule has 8 atom stereocenters. The van der Waals surface area contributed by atoms with Gasteiger partial charge >= 0.3 is 0 Å². The van der Waals surface area contributed by atoms with Gasteiger partial charge in [0.15, 0.2) is 0 Å². The highest BCUT2D eigenvalue weighted by Gasteiger charge is 2.87. The molecule has 1 aromatic rings. The van der Waals surface area contributed by atoms with E-state index < -0.39 is 0 Å². The van der Waals surface area contributed by atoms with Crippen molar-refractivity contribution >= 4 is 0 Å². The Labute approximate surface area is 123 Å². The number of hydrogen-bond donors (Lipinski definition) is 0. The molecule has 3 nitrogen and oxygen atoms in total. The van der Waals surface area contributed by atoms with Crippen molar-refractivity contribution < 1.29 is 14.2 Å². The van der Waals surface area contributed by atoms with E-state index in [2.05, 4.69) is 38.1 Å². The van der Waals surface area contributed by atoms with Gasteiger partial charge in [-0.2, -0.15) is 0 Å². The van der Waals surface area contributed by atoms with Crippen LogP contribution in [0.15, 0.2) is 24.3 Å². The second-order valence-corrected chi connectivity index (χ2v) is 8.28. The van der Waals surface area contributed by atoms with E-state index in [0.29, 0.717) is 48.1 Å². The Kier molecular flexibility index (Phi) is 1.39. The summed E-state index contributed by atoms with van der Waals surface area (Å²) < 4.78 is 18.5. The van der Waals surface area contributed by atoms with Crippen molar-refractivity contribution in [3.05, 3.63) is 35.4 Å². The molecule has 3 saturated heterocycles. The van der Waals surface area contributed by atoms with Gasteiger partial charge in [0.05, 0.1) is 17.8 Å². The van der Waals surface area contributed by atoms with Crippen molar-refractivity contribution in [1.82, 2.24) is 0 Å². The zero-order valence-corrected chi connectivity index (χ0v) is 12.2. The molecule has 2 bridgehead atoms. The van der Waals surface area contributed by atoms with Crippen LogP contribution in [0, 0.1) is 11.8 Å². The first-order valence-corrected chi connectivity index (χ1v) is 8.25. The average Bonchev–Trinajstić information content (AvgIpc) is 3.34. The van der Waals surface area contributed by atoms with Gasteiger partial charge in [0, 0.05) is 23.7 Å². The molecule has 3 aliphatic heterocycles. The lowest BCUT2D eigenvalue weighted by molar-refractivity contribution is 0.195. The lowest BCUT2D eigenvalue weighted by Gasteiger charge is -2.31. The lowest BCUT2D eigenvalue weighted by Crippen LogP contribution is -2.36. The molecule has 108 valence electrons. The van der Waals surface area contributed by atoms with Crippen molar-refractivity contribution in [3.63, 3.8) is 0 Å². The summed E-state index contributed by atoms with van der Waals surface area (Å²) in [6.45, 7) is 4.54. The number of fused-ring (bicyclic) bond motifs is 11. The molecule has 8 unspecified atom stereocenters. The molecule has 0 amide bonds. The fourth-order valence-electron chi connectivity index (χ4n) is 6.67. The van der Waals surface area contributed by atoms with Crippen LogP contribution < -0.4 is 0 Å². The van der Waals surface area contributed by atoms with E-state index in [1.807, 2.05) is 0 Å². The van der Waals surface area contributed by atoms with E-state index in [9.17, 15) is 0 Å². The van der Waals surface area contributed by atoms with Crippen molar-refractivity contribution in [2.75, 3.05) is 0 Å². The van der Waals surface area contributed by atoms with Crippen molar-refractivity contribution in [3.8, 4) is 0 Å². The molecular formula is C18H18O3. The van der Waals surface area contributed by atoms with Crippen LogP contribution in [0.2, 0.25) is 0 Å². The third-order valence-electron chi connectivity index (χ3n) is 7.33. The van der Waals surface area contributed by atoms with Crippen LogP contribution in [0.3, 0.4) is 0 Å². The SMILES string of the molecule is CC1(C)OC12C1c3ccccc3C2C2C3OC3C3OC3C21. The summed E-state index contributed by atoms with van der Waals surface area (Å²) >= 11 is 0. The summed E-state index contributed by atoms with van der Waals surface area (Å²) in [5.74, 6) is 2.25. The Morgan fingerprint density at radius 2 is 1.29 bits per heavy atom. The maximum atomic E-state index is 6.44. The Bertz CT molecular complexity index is 661. The molecule has 2 saturated carbocycles. The Hall–Kier alpha value is -0.900. The largest absolute Gasteiger partial charge is 0.366 e. The van der Waals surface area contributed by atoms with Crippen LogP contribution in [0.1, 0.15) is 36.8 Å². The van der Waals surface area contributed by atoms with Crippen LogP contribution in [-0.4, -0.2) is 35.6 Å². The first-order chi connectivity index (χ1) is 10.2. The topological polar surface area (TPSA) is 37.6 Å². The van der Waals surface area contributed by atoms with Gasteiger partial charge in [0.1, 0.15) is 17.8 Å². The molecule has 6 aliphatic rings. The van der Waals surface area contributed by atoms with E-state index in [0.717, 1.165) is 0 Å². The number of rotatable bonds is 0. The summed E-state index contributed by atoms with van der Waals surface area (Å²) in [4.78, 5) is 0. The second kappa shape index (κ2) is 2.70. The van der Waals surface area contributed by atoms with Crippen LogP contribution >= 0.6 is 0 Å². The molecule has 1 aromatic carbocycles. The van der Waals surface area contributed by atoms with Gasteiger partial charge in [-0.1, -0.05) is 24.3 Å². The van der Waals surface area contributed by atoms with Crippen molar-refractivity contribution in [2.24, 2.45) is 11.8 Å². The quantitative estimate of drug-likeness (QED) is 0.685. The molecule has 21 heavy (non-hydrogen) atoms. The third-order valence-corrected chi connectivity index (χ3v) is 7.33. The normalized spacial score (nSPS) is 61.8. The Morgan fingerprint density at radius 1 is 0.810 bits per heavy atom. The van der Waals surface area contributed by atoms with E-state index in [1.54, 1.807) is 0 Å². The highest BCUT2D eigenvalue weighted by Crippen LogP contribution is 2.81. The minimum atomic E-state index is -0.00648. The number of ether oxygens (including phenoxy) is 3. The second-order valence-electron chi connectivity index (χ2n) is 8.28. The molecule has 0 radical (unpaired) electrons. The standard InChI is InChI=1S/C18H18O3/c1-17(2)18(21-17)11-7-5-3-4-6-8(7)12(18)10-9(11)13-15(19-13)16-14(10)20-16/h3-6,9-16H,1-2H3. The molecule has 3 heterocycles. The molecule has 0 N–H and O–H groups in total. The van der Waals surface area contributed by atoms with E-state index in [1.165, 1.54) is 11.1 Å². The zero-order chi connectivity index (χ0) is 13.7. The molecular weight excluding hydrogens is 264 g/mol. The van der Waals surface area contributed by atoms with E-state index in [4.69, 9.17) is 14.2 Å². The molecule has 7 rings (SSSR count). The summed E-state index contributed by atoms with van der Waals surface area (Å²) in [6.07, 6.45) is 1.64. The first kappa shape index (κ1) is 10.8. The van der Waals surface area contributed by atoms with Gasteiger partial charge in [0.25, 0.3) is 0 Å². The number of epoxide rings is 3. The fraction of sp³-hybridized carbons (Fsp3) is 0.667. The number of hydrogen-bond acceptors (Lipinski definition) is 3. The minimum Gasteiger partial charge on any atom is -0.366 e. The van der Waals surface area contributed by atoms with Gasteiger partial charge < -0.3 is 14.2 Å². The van der Waals surface area contributed by atoms with E-state index >= 15 is 0 Å². The first-order valence-electron chi connectivity index (χ1n) is 8.25. The highest BCUT2D eigenvalue weighted by molar-refractivity contribution is 5.56. The molecule has 1 spiro atoms. The van der Waals surface area contributed by atoms with Crippen LogP contribution in [-0.2, 0) is 14.2 Å². The van der Waals surface area contributed by atoms with Crippen LogP contribution in [0.25, 0.3) is 0 Å². The predicted molar refractivity (Wildman–Crippen MR) is 74.1 cm³/mol. The zero-order valence-electron chi connectivity index (χ0n) is 12.2. The van der Waals surface area contributed by atoms with Gasteiger partial charge in [-0.3, -0.25) is 0 Å². The molecule has 5 fully saturated rings. The number of benzene rings is 1. The van der Waals surface area contributed by atoms with E-state index in [-0.39, 0.29) is 11.2 Å². The fourth-order valence-corrected chi connectivity index (χ4v) is 6.67. The summed E-state index contributed by atoms with van der Waals surface area (Å²) in [7, 11) is 0. The average molecular weight is 282 g/mol. The summed E-state index contributed by atoms with van der Waals surface area (Å²) in [6, 6.07) is 9.02. The van der Waals surface area contributed by atoms with Gasteiger partial charge in [-0.05, 0) is 25.0 Å². The smallest absolute Gasteiger partial charge is 0.113 e. The van der Waals surface area contributed by atoms with Gasteiger partial charge in [-0.15, -0.1) is 0 Å². The summed E-state index contributed by atoms with van der Waals surface area (Å²) in [5, 5.41) is 0. The highest BCUT2D eigenvalue weighted by atomic mass is 16.7. The molecule has 3 aliphatic carbocycles. The monoisotopic (exact) mass is 282 g/mol. The predicted octanol–water partition coefficient (Wildman–Crippen LogP) is 2.21. The van der Waals surface area contributed by atoms with Crippen molar-refractivity contribution in [1.29, 1.82) is 0 Å². The van der Waals surface area contributed by atoms with Crippen molar-refractivity contribution in [2.45, 2.75) is 61.3 Å². The maximum Gasteiger partial charge on any atom is 0.113 e. The third kappa shape index (κ3) is 0.893.